The van der Waals surface area contributed by atoms with Crippen molar-refractivity contribution in [2.24, 2.45) is 0 Å². The summed E-state index contributed by atoms with van der Waals surface area (Å²) in [7, 11) is 1.47. The van der Waals surface area contributed by atoms with E-state index in [1.807, 2.05) is 6.07 Å². The quantitative estimate of drug-likeness (QED) is 0.711. The van der Waals surface area contributed by atoms with Gasteiger partial charge in [-0.25, -0.2) is 9.18 Å². The van der Waals surface area contributed by atoms with Crippen LogP contribution in [0.4, 0.5) is 9.18 Å². The van der Waals surface area contributed by atoms with Crippen molar-refractivity contribution in [3.05, 3.63) is 56.8 Å². The smallest absolute Gasteiger partial charge is 0.324 e. The van der Waals surface area contributed by atoms with Gasteiger partial charge in [-0.05, 0) is 45.8 Å². The van der Waals surface area contributed by atoms with Crippen molar-refractivity contribution < 1.29 is 18.7 Å². The van der Waals surface area contributed by atoms with Crippen LogP contribution in [0, 0.1) is 17.1 Å². The molecular formula is C18H12BrClFN3O3. The third kappa shape index (κ3) is 3.89. The van der Waals surface area contributed by atoms with Crippen molar-refractivity contribution >= 4 is 39.5 Å². The van der Waals surface area contributed by atoms with Crippen LogP contribution in [0.2, 0.25) is 5.02 Å². The fourth-order valence-corrected chi connectivity index (χ4v) is 3.27. The predicted molar refractivity (Wildman–Crippen MR) is 99.1 cm³/mol. The van der Waals surface area contributed by atoms with Crippen molar-refractivity contribution in [1.82, 2.24) is 10.2 Å². The van der Waals surface area contributed by atoms with Crippen LogP contribution in [0.5, 0.6) is 11.5 Å². The molecule has 1 saturated heterocycles. The minimum Gasteiger partial charge on any atom is -0.453 e. The monoisotopic (exact) mass is 451 g/mol. The second-order valence-electron chi connectivity index (χ2n) is 5.86. The van der Waals surface area contributed by atoms with Crippen molar-refractivity contribution in [3.8, 4) is 17.6 Å². The lowest BCUT2D eigenvalue weighted by Gasteiger charge is -2.18. The zero-order chi connectivity index (χ0) is 19.7. The molecule has 1 fully saturated rings. The molecule has 3 amide bonds. The first kappa shape index (κ1) is 19.1. The highest BCUT2D eigenvalue weighted by Crippen LogP contribution is 2.36. The molecule has 2 aromatic carbocycles. The van der Waals surface area contributed by atoms with Gasteiger partial charge < -0.3 is 9.64 Å². The number of ether oxygens (including phenoxy) is 1. The molecule has 1 N–H and O–H groups in total. The van der Waals surface area contributed by atoms with Crippen LogP contribution in [0.1, 0.15) is 11.1 Å². The summed E-state index contributed by atoms with van der Waals surface area (Å²) in [5.41, 5.74) is 0.477. The number of halogens is 3. The van der Waals surface area contributed by atoms with E-state index in [1.165, 1.54) is 36.2 Å². The molecular weight excluding hydrogens is 441 g/mol. The Bertz CT molecular complexity index is 993. The summed E-state index contributed by atoms with van der Waals surface area (Å²) in [5, 5.41) is 11.5. The molecule has 9 heteroatoms. The van der Waals surface area contributed by atoms with E-state index in [4.69, 9.17) is 21.6 Å². The number of imide groups is 1. The summed E-state index contributed by atoms with van der Waals surface area (Å²) in [5.74, 6) is -1.07. The van der Waals surface area contributed by atoms with Gasteiger partial charge in [-0.15, -0.1) is 0 Å². The largest absolute Gasteiger partial charge is 0.453 e. The Morgan fingerprint density at radius 3 is 2.74 bits per heavy atom. The average molecular weight is 453 g/mol. The van der Waals surface area contributed by atoms with Crippen LogP contribution < -0.4 is 10.1 Å². The molecule has 0 aromatic heterocycles. The Balaban J connectivity index is 1.93. The molecule has 0 saturated carbocycles. The molecule has 3 rings (SSSR count). The van der Waals surface area contributed by atoms with Crippen molar-refractivity contribution in [2.75, 3.05) is 7.05 Å². The molecule has 1 aliphatic rings. The van der Waals surface area contributed by atoms with Gasteiger partial charge in [-0.3, -0.25) is 10.1 Å². The molecule has 0 aliphatic carbocycles. The minimum atomic E-state index is -0.808. The van der Waals surface area contributed by atoms with Gasteiger partial charge in [-0.1, -0.05) is 17.7 Å². The number of benzene rings is 2. The Labute approximate surface area is 167 Å². The Morgan fingerprint density at radius 2 is 2.11 bits per heavy atom. The number of carbonyl (C=O) groups excluding carboxylic acids is 2. The maximum Gasteiger partial charge on any atom is 0.324 e. The number of amides is 3. The van der Waals surface area contributed by atoms with Crippen molar-refractivity contribution in [2.45, 2.75) is 12.5 Å². The van der Waals surface area contributed by atoms with Gasteiger partial charge in [0.1, 0.15) is 11.8 Å². The molecule has 27 heavy (non-hydrogen) atoms. The number of hydrogen-bond donors (Lipinski definition) is 1. The molecule has 1 unspecified atom stereocenters. The molecule has 1 atom stereocenters. The number of hydrogen-bond acceptors (Lipinski definition) is 4. The predicted octanol–water partition coefficient (Wildman–Crippen LogP) is 4.00. The lowest BCUT2D eigenvalue weighted by molar-refractivity contribution is -0.121. The van der Waals surface area contributed by atoms with Crippen LogP contribution in [-0.4, -0.2) is 29.9 Å². The van der Waals surface area contributed by atoms with Crippen molar-refractivity contribution in [3.63, 3.8) is 0 Å². The zero-order valence-electron chi connectivity index (χ0n) is 13.9. The van der Waals surface area contributed by atoms with Gasteiger partial charge in [0.05, 0.1) is 16.1 Å². The summed E-state index contributed by atoms with van der Waals surface area (Å²) in [6.07, 6.45) is -0.0114. The third-order valence-corrected chi connectivity index (χ3v) is 4.93. The van der Waals surface area contributed by atoms with Crippen LogP contribution >= 0.6 is 27.5 Å². The minimum absolute atomic E-state index is 0.0114. The van der Waals surface area contributed by atoms with Gasteiger partial charge in [0.15, 0.2) is 11.6 Å². The average Bonchev–Trinajstić information content (AvgIpc) is 2.86. The molecule has 138 valence electrons. The van der Waals surface area contributed by atoms with E-state index in [-0.39, 0.29) is 34.1 Å². The Hall–Kier alpha value is -2.63. The van der Waals surface area contributed by atoms with E-state index in [0.717, 1.165) is 0 Å². The lowest BCUT2D eigenvalue weighted by Crippen LogP contribution is -2.33. The number of nitrogens with one attached hydrogen (secondary N) is 1. The summed E-state index contributed by atoms with van der Waals surface area (Å²) in [6.45, 7) is 0. The topological polar surface area (TPSA) is 82.4 Å². The van der Waals surface area contributed by atoms with E-state index < -0.39 is 23.8 Å². The van der Waals surface area contributed by atoms with Gasteiger partial charge in [0.2, 0.25) is 0 Å². The molecule has 0 radical (unpaired) electrons. The third-order valence-electron chi connectivity index (χ3n) is 4.08. The maximum absolute atomic E-state index is 15.0. The van der Waals surface area contributed by atoms with Crippen LogP contribution in [0.15, 0.2) is 34.8 Å². The van der Waals surface area contributed by atoms with E-state index in [0.29, 0.717) is 4.47 Å². The Kier molecular flexibility index (Phi) is 5.35. The molecule has 0 spiro atoms. The molecule has 1 aliphatic heterocycles. The number of nitrogens with zero attached hydrogens (tertiary/aromatic N) is 2. The van der Waals surface area contributed by atoms with Gasteiger partial charge in [0, 0.05) is 18.5 Å². The van der Waals surface area contributed by atoms with Crippen LogP contribution in [-0.2, 0) is 11.2 Å². The van der Waals surface area contributed by atoms with E-state index >= 15 is 4.39 Å². The van der Waals surface area contributed by atoms with E-state index in [2.05, 4.69) is 21.2 Å². The molecule has 2 aromatic rings. The Morgan fingerprint density at radius 1 is 1.37 bits per heavy atom. The highest BCUT2D eigenvalue weighted by molar-refractivity contribution is 9.10. The summed E-state index contributed by atoms with van der Waals surface area (Å²) < 4.78 is 21.0. The summed E-state index contributed by atoms with van der Waals surface area (Å²) >= 11 is 9.18. The van der Waals surface area contributed by atoms with Gasteiger partial charge >= 0.3 is 6.03 Å². The SMILES string of the molecule is CN1C(=O)NC(=O)C1Cc1ccc(Br)c(Oc2cc(Cl)cc(C#N)c2)c1F. The second-order valence-corrected chi connectivity index (χ2v) is 7.16. The van der Waals surface area contributed by atoms with Crippen LogP contribution in [0.25, 0.3) is 0 Å². The fraction of sp³-hybridized carbons (Fsp3) is 0.167. The van der Waals surface area contributed by atoms with Gasteiger partial charge in [-0.2, -0.15) is 5.26 Å². The number of nitriles is 1. The zero-order valence-corrected chi connectivity index (χ0v) is 16.3. The van der Waals surface area contributed by atoms with Gasteiger partial charge in [0.25, 0.3) is 5.91 Å². The van der Waals surface area contributed by atoms with E-state index in [1.54, 1.807) is 6.07 Å². The second kappa shape index (κ2) is 7.55. The van der Waals surface area contributed by atoms with E-state index in [9.17, 15) is 9.59 Å². The molecule has 1 heterocycles. The fourth-order valence-electron chi connectivity index (χ4n) is 2.66. The molecule has 0 bridgehead atoms. The highest BCUT2D eigenvalue weighted by Gasteiger charge is 2.36. The van der Waals surface area contributed by atoms with Crippen molar-refractivity contribution in [1.29, 1.82) is 5.26 Å². The number of likely N-dealkylation sites (N-methyl/N-ethyl adjacent to an activating group) is 1. The summed E-state index contributed by atoms with van der Waals surface area (Å²) in [6, 6.07) is 8.05. The highest BCUT2D eigenvalue weighted by atomic mass is 79.9. The summed E-state index contributed by atoms with van der Waals surface area (Å²) in [4.78, 5) is 24.7. The number of carbonyl (C=O) groups is 2. The first-order valence-electron chi connectivity index (χ1n) is 7.73. The maximum atomic E-state index is 15.0. The molecule has 6 nitrogen and oxygen atoms in total. The van der Waals surface area contributed by atoms with Crippen LogP contribution in [0.3, 0.4) is 0 Å². The first-order valence-corrected chi connectivity index (χ1v) is 8.90. The number of urea groups is 1. The standard InChI is InChI=1S/C18H12BrClFN3O3/c1-24-14(17(25)23-18(24)26)6-10-2-3-13(19)16(15(10)21)27-12-5-9(8-22)4-11(20)7-12/h2-5,7,14H,6H2,1H3,(H,23,25,26). The first-order chi connectivity index (χ1) is 12.8. The lowest BCUT2D eigenvalue weighted by atomic mass is 10.0. The normalized spacial score (nSPS) is 16.3. The number of rotatable bonds is 4.